The second kappa shape index (κ2) is 7.36. The number of carbonyl (C=O) groups excluding carboxylic acids is 1. The number of aromatic nitrogens is 2. The summed E-state index contributed by atoms with van der Waals surface area (Å²) in [6.45, 7) is 4.18. The van der Waals surface area contributed by atoms with E-state index in [0.717, 1.165) is 25.3 Å². The number of nitrogens with zero attached hydrogens (tertiary/aromatic N) is 3. The Labute approximate surface area is 151 Å². The van der Waals surface area contributed by atoms with Gasteiger partial charge < -0.3 is 10.2 Å². The van der Waals surface area contributed by atoms with Crippen LogP contribution in [0.3, 0.4) is 0 Å². The molecular formula is C17H18Cl2N4O. The van der Waals surface area contributed by atoms with Crippen molar-refractivity contribution in [3.8, 4) is 0 Å². The molecule has 1 aromatic carbocycles. The van der Waals surface area contributed by atoms with Crippen LogP contribution in [-0.4, -0.2) is 29.0 Å². The van der Waals surface area contributed by atoms with Crippen molar-refractivity contribution in [2.75, 3.05) is 23.3 Å². The molecule has 5 nitrogen and oxygen atoms in total. The van der Waals surface area contributed by atoms with E-state index in [0.29, 0.717) is 21.7 Å². The van der Waals surface area contributed by atoms with Gasteiger partial charge in [0.15, 0.2) is 0 Å². The molecule has 126 valence electrons. The van der Waals surface area contributed by atoms with E-state index < -0.39 is 0 Å². The minimum Gasteiger partial charge on any atom is -0.355 e. The number of rotatable bonds is 3. The van der Waals surface area contributed by atoms with Crippen LogP contribution in [0.5, 0.6) is 0 Å². The molecule has 3 rings (SSSR count). The van der Waals surface area contributed by atoms with E-state index >= 15 is 0 Å². The first-order chi connectivity index (χ1) is 11.5. The first-order valence-electron chi connectivity index (χ1n) is 7.87. The maximum absolute atomic E-state index is 12.3. The van der Waals surface area contributed by atoms with Crippen LogP contribution in [0.25, 0.3) is 0 Å². The van der Waals surface area contributed by atoms with Crippen LogP contribution in [0.2, 0.25) is 10.0 Å². The highest BCUT2D eigenvalue weighted by Crippen LogP contribution is 2.29. The van der Waals surface area contributed by atoms with Crippen LogP contribution in [0.1, 0.15) is 30.3 Å². The van der Waals surface area contributed by atoms with Gasteiger partial charge in [0.1, 0.15) is 11.5 Å². The van der Waals surface area contributed by atoms with Crippen molar-refractivity contribution in [3.63, 3.8) is 0 Å². The predicted molar refractivity (Wildman–Crippen MR) is 97.1 cm³/mol. The van der Waals surface area contributed by atoms with Crippen molar-refractivity contribution in [1.82, 2.24) is 9.97 Å². The van der Waals surface area contributed by atoms with Crippen LogP contribution in [0.4, 0.5) is 11.5 Å². The van der Waals surface area contributed by atoms with Gasteiger partial charge in [-0.25, -0.2) is 9.97 Å². The fraction of sp³-hybridized carbons (Fsp3) is 0.353. The fourth-order valence-electron chi connectivity index (χ4n) is 2.79. The third-order valence-electron chi connectivity index (χ3n) is 4.05. The van der Waals surface area contributed by atoms with Crippen molar-refractivity contribution in [2.45, 2.75) is 19.8 Å². The van der Waals surface area contributed by atoms with Gasteiger partial charge in [-0.15, -0.1) is 0 Å². The van der Waals surface area contributed by atoms with E-state index in [2.05, 4.69) is 27.1 Å². The molecule has 24 heavy (non-hydrogen) atoms. The number of benzene rings is 1. The lowest BCUT2D eigenvalue weighted by Crippen LogP contribution is -2.35. The fourth-order valence-corrected chi connectivity index (χ4v) is 3.13. The Bertz CT molecular complexity index is 736. The van der Waals surface area contributed by atoms with E-state index in [-0.39, 0.29) is 11.6 Å². The minimum absolute atomic E-state index is 0.236. The number of carbonyl (C=O) groups is 1. The molecule has 0 saturated carbocycles. The summed E-state index contributed by atoms with van der Waals surface area (Å²) < 4.78 is 0. The molecular weight excluding hydrogens is 347 g/mol. The maximum Gasteiger partial charge on any atom is 0.275 e. The topological polar surface area (TPSA) is 58.1 Å². The lowest BCUT2D eigenvalue weighted by atomic mass is 10.0. The molecule has 0 aliphatic carbocycles. The van der Waals surface area contributed by atoms with Crippen molar-refractivity contribution in [3.05, 3.63) is 46.3 Å². The highest BCUT2D eigenvalue weighted by atomic mass is 35.5. The molecule has 0 spiro atoms. The largest absolute Gasteiger partial charge is 0.355 e. The van der Waals surface area contributed by atoms with Gasteiger partial charge in [0.2, 0.25) is 0 Å². The summed E-state index contributed by atoms with van der Waals surface area (Å²) in [6.07, 6.45) is 5.53. The van der Waals surface area contributed by atoms with Gasteiger partial charge >= 0.3 is 0 Å². The number of hydrogen-bond donors (Lipinski definition) is 1. The first-order valence-corrected chi connectivity index (χ1v) is 8.62. The number of hydrogen-bond acceptors (Lipinski definition) is 4. The van der Waals surface area contributed by atoms with Gasteiger partial charge in [-0.2, -0.15) is 0 Å². The average Bonchev–Trinajstić information content (AvgIpc) is 2.59. The SMILES string of the molecule is CC1CCCN(c2cnc(C(=O)Nc3cccc(Cl)c3Cl)cn2)C1. The molecule has 2 heterocycles. The molecule has 1 N–H and O–H groups in total. The second-order valence-electron chi connectivity index (χ2n) is 6.01. The molecule has 1 fully saturated rings. The molecule has 1 atom stereocenters. The van der Waals surface area contributed by atoms with Gasteiger partial charge in [-0.05, 0) is 30.9 Å². The predicted octanol–water partition coefficient (Wildman–Crippen LogP) is 4.27. The van der Waals surface area contributed by atoms with E-state index in [1.807, 2.05) is 0 Å². The molecule has 2 aromatic rings. The summed E-state index contributed by atoms with van der Waals surface area (Å²) >= 11 is 12.0. The second-order valence-corrected chi connectivity index (χ2v) is 6.79. The number of halogens is 2. The molecule has 0 radical (unpaired) electrons. The summed E-state index contributed by atoms with van der Waals surface area (Å²) in [6, 6.07) is 5.06. The van der Waals surface area contributed by atoms with E-state index in [9.17, 15) is 4.79 Å². The average molecular weight is 365 g/mol. The Morgan fingerprint density at radius 1 is 1.29 bits per heavy atom. The summed E-state index contributed by atoms with van der Waals surface area (Å²) in [7, 11) is 0. The zero-order valence-corrected chi connectivity index (χ0v) is 14.8. The Morgan fingerprint density at radius 2 is 2.12 bits per heavy atom. The number of amides is 1. The molecule has 1 unspecified atom stereocenters. The summed E-state index contributed by atoms with van der Waals surface area (Å²) in [5.74, 6) is 1.08. The molecule has 0 bridgehead atoms. The normalized spacial score (nSPS) is 17.6. The van der Waals surface area contributed by atoms with E-state index in [1.54, 1.807) is 24.4 Å². The summed E-state index contributed by atoms with van der Waals surface area (Å²) in [4.78, 5) is 23.1. The number of nitrogens with one attached hydrogen (secondary N) is 1. The van der Waals surface area contributed by atoms with E-state index in [1.165, 1.54) is 12.6 Å². The molecule has 1 aromatic heterocycles. The zero-order chi connectivity index (χ0) is 17.1. The van der Waals surface area contributed by atoms with Crippen LogP contribution in [0.15, 0.2) is 30.6 Å². The zero-order valence-electron chi connectivity index (χ0n) is 13.3. The third kappa shape index (κ3) is 3.79. The highest BCUT2D eigenvalue weighted by Gasteiger charge is 2.18. The van der Waals surface area contributed by atoms with Crippen molar-refractivity contribution in [2.24, 2.45) is 5.92 Å². The lowest BCUT2D eigenvalue weighted by Gasteiger charge is -2.31. The Balaban J connectivity index is 1.71. The number of piperidine rings is 1. The van der Waals surface area contributed by atoms with Crippen LogP contribution >= 0.6 is 23.2 Å². The monoisotopic (exact) mass is 364 g/mol. The Kier molecular flexibility index (Phi) is 5.21. The molecule has 1 amide bonds. The Morgan fingerprint density at radius 3 is 2.83 bits per heavy atom. The maximum atomic E-state index is 12.3. The Hall–Kier alpha value is -1.85. The molecule has 1 saturated heterocycles. The highest BCUT2D eigenvalue weighted by molar-refractivity contribution is 6.44. The van der Waals surface area contributed by atoms with E-state index in [4.69, 9.17) is 23.2 Å². The minimum atomic E-state index is -0.370. The van der Waals surface area contributed by atoms with Crippen LogP contribution in [0, 0.1) is 5.92 Å². The molecule has 1 aliphatic heterocycles. The van der Waals surface area contributed by atoms with Gasteiger partial charge in [-0.1, -0.05) is 36.2 Å². The molecule has 7 heteroatoms. The standard InChI is InChI=1S/C17H18Cl2N4O/c1-11-4-3-7-23(10-11)15-9-20-14(8-21-15)17(24)22-13-6-2-5-12(18)16(13)19/h2,5-6,8-9,11H,3-4,7,10H2,1H3,(H,22,24). The van der Waals surface area contributed by atoms with Gasteiger partial charge in [0.05, 0.1) is 28.1 Å². The van der Waals surface area contributed by atoms with Gasteiger partial charge in [0.25, 0.3) is 5.91 Å². The van der Waals surface area contributed by atoms with Crippen molar-refractivity contribution in [1.29, 1.82) is 0 Å². The first kappa shape index (κ1) is 17.0. The number of anilines is 2. The smallest absolute Gasteiger partial charge is 0.275 e. The molecule has 1 aliphatic rings. The summed E-state index contributed by atoms with van der Waals surface area (Å²) in [5.41, 5.74) is 0.685. The quantitative estimate of drug-likeness (QED) is 0.883. The van der Waals surface area contributed by atoms with Crippen molar-refractivity contribution >= 4 is 40.6 Å². The lowest BCUT2D eigenvalue weighted by molar-refractivity contribution is 0.102. The summed E-state index contributed by atoms with van der Waals surface area (Å²) in [5, 5.41) is 3.39. The third-order valence-corrected chi connectivity index (χ3v) is 4.87. The van der Waals surface area contributed by atoms with Crippen LogP contribution < -0.4 is 10.2 Å². The van der Waals surface area contributed by atoms with Gasteiger partial charge in [0, 0.05) is 13.1 Å². The van der Waals surface area contributed by atoms with Crippen molar-refractivity contribution < 1.29 is 4.79 Å². The van der Waals surface area contributed by atoms with Crippen LogP contribution in [-0.2, 0) is 0 Å². The van der Waals surface area contributed by atoms with Gasteiger partial charge in [-0.3, -0.25) is 4.79 Å².